The molecule has 0 aliphatic heterocycles. The van der Waals surface area contributed by atoms with Crippen LogP contribution in [0.5, 0.6) is 0 Å². The first-order chi connectivity index (χ1) is 8.45. The predicted molar refractivity (Wildman–Crippen MR) is 65.3 cm³/mol. The summed E-state index contributed by atoms with van der Waals surface area (Å²) in [5.41, 5.74) is 6.38. The SMILES string of the molecule is CN(CC(=O)O)c1cc(C2CC(O)C2)nc(N)n1. The van der Waals surface area contributed by atoms with Crippen LogP contribution in [0.4, 0.5) is 11.8 Å². The molecule has 1 aliphatic carbocycles. The lowest BCUT2D eigenvalue weighted by Crippen LogP contribution is -2.29. The Morgan fingerprint density at radius 2 is 2.22 bits per heavy atom. The Bertz CT molecular complexity index is 460. The molecule has 7 nitrogen and oxygen atoms in total. The first-order valence-electron chi connectivity index (χ1n) is 5.71. The molecule has 0 radical (unpaired) electrons. The zero-order chi connectivity index (χ0) is 13.3. The molecular formula is C11H16N4O3. The number of carboxylic acids is 1. The minimum atomic E-state index is -0.935. The topological polar surface area (TPSA) is 113 Å². The van der Waals surface area contributed by atoms with E-state index in [1.807, 2.05) is 0 Å². The van der Waals surface area contributed by atoms with Crippen LogP contribution >= 0.6 is 0 Å². The van der Waals surface area contributed by atoms with Crippen LogP contribution in [0.3, 0.4) is 0 Å². The Morgan fingerprint density at radius 1 is 1.56 bits per heavy atom. The fourth-order valence-corrected chi connectivity index (χ4v) is 1.99. The summed E-state index contributed by atoms with van der Waals surface area (Å²) in [7, 11) is 1.63. The molecule has 1 fully saturated rings. The van der Waals surface area contributed by atoms with Gasteiger partial charge in [-0.05, 0) is 12.8 Å². The largest absolute Gasteiger partial charge is 0.480 e. The molecule has 0 unspecified atom stereocenters. The third-order valence-electron chi connectivity index (χ3n) is 3.04. The Balaban J connectivity index is 2.18. The summed E-state index contributed by atoms with van der Waals surface area (Å²) in [5.74, 6) is -0.139. The van der Waals surface area contributed by atoms with Crippen LogP contribution in [0, 0.1) is 0 Å². The van der Waals surface area contributed by atoms with Gasteiger partial charge in [0.05, 0.1) is 11.8 Å². The van der Waals surface area contributed by atoms with Gasteiger partial charge in [0.25, 0.3) is 0 Å². The zero-order valence-corrected chi connectivity index (χ0v) is 10.1. The fraction of sp³-hybridized carbons (Fsp3) is 0.545. The number of aromatic nitrogens is 2. The molecule has 98 valence electrons. The number of nitrogens with two attached hydrogens (primary N) is 1. The number of likely N-dealkylation sites (N-methyl/N-ethyl adjacent to an activating group) is 1. The van der Waals surface area contributed by atoms with E-state index in [2.05, 4.69) is 9.97 Å². The van der Waals surface area contributed by atoms with E-state index in [1.54, 1.807) is 13.1 Å². The second kappa shape index (κ2) is 4.77. The molecule has 0 aromatic carbocycles. The summed E-state index contributed by atoms with van der Waals surface area (Å²) in [4.78, 5) is 20.3. The average molecular weight is 252 g/mol. The average Bonchev–Trinajstić information content (AvgIpc) is 2.23. The molecule has 18 heavy (non-hydrogen) atoms. The van der Waals surface area contributed by atoms with E-state index in [4.69, 9.17) is 10.8 Å². The highest BCUT2D eigenvalue weighted by molar-refractivity contribution is 5.73. The van der Waals surface area contributed by atoms with Crippen molar-refractivity contribution in [1.82, 2.24) is 9.97 Å². The van der Waals surface area contributed by atoms with Gasteiger partial charge < -0.3 is 20.8 Å². The van der Waals surface area contributed by atoms with Gasteiger partial charge in [0.2, 0.25) is 5.95 Å². The quantitative estimate of drug-likeness (QED) is 0.681. The maximum absolute atomic E-state index is 10.6. The van der Waals surface area contributed by atoms with E-state index >= 15 is 0 Å². The highest BCUT2D eigenvalue weighted by Gasteiger charge is 2.30. The smallest absolute Gasteiger partial charge is 0.323 e. The van der Waals surface area contributed by atoms with E-state index in [9.17, 15) is 9.90 Å². The van der Waals surface area contributed by atoms with Crippen molar-refractivity contribution in [3.8, 4) is 0 Å². The van der Waals surface area contributed by atoms with E-state index in [1.165, 1.54) is 4.90 Å². The number of nitrogens with zero attached hydrogens (tertiary/aromatic N) is 3. The Labute approximate surface area is 104 Å². The number of aliphatic hydroxyl groups excluding tert-OH is 1. The van der Waals surface area contributed by atoms with Gasteiger partial charge in [-0.2, -0.15) is 4.98 Å². The lowest BCUT2D eigenvalue weighted by Gasteiger charge is -2.31. The number of carbonyl (C=O) groups is 1. The molecule has 1 saturated carbocycles. The fourth-order valence-electron chi connectivity index (χ4n) is 1.99. The highest BCUT2D eigenvalue weighted by Crippen LogP contribution is 2.36. The van der Waals surface area contributed by atoms with Crippen molar-refractivity contribution >= 4 is 17.7 Å². The molecule has 1 aliphatic rings. The molecule has 1 heterocycles. The standard InChI is InChI=1S/C11H16N4O3/c1-15(5-10(17)18)9-4-8(13-11(12)14-9)6-2-7(16)3-6/h4,6-7,16H,2-3,5H2,1H3,(H,17,18)(H2,12,13,14). The maximum Gasteiger partial charge on any atom is 0.323 e. The summed E-state index contributed by atoms with van der Waals surface area (Å²) >= 11 is 0. The molecule has 0 amide bonds. The number of aliphatic hydroxyl groups is 1. The van der Waals surface area contributed by atoms with Gasteiger partial charge >= 0.3 is 5.97 Å². The van der Waals surface area contributed by atoms with Gasteiger partial charge in [0.1, 0.15) is 12.4 Å². The molecule has 4 N–H and O–H groups in total. The lowest BCUT2D eigenvalue weighted by atomic mass is 9.80. The van der Waals surface area contributed by atoms with Crippen molar-refractivity contribution in [3.05, 3.63) is 11.8 Å². The molecule has 0 bridgehead atoms. The Kier molecular flexibility index (Phi) is 3.33. The minimum absolute atomic E-state index is 0.126. The first kappa shape index (κ1) is 12.6. The van der Waals surface area contributed by atoms with Crippen LogP contribution in [0.25, 0.3) is 0 Å². The third kappa shape index (κ3) is 2.67. The normalized spacial score (nSPS) is 22.3. The van der Waals surface area contributed by atoms with Crippen LogP contribution in [-0.4, -0.2) is 45.8 Å². The zero-order valence-electron chi connectivity index (χ0n) is 10.1. The summed E-state index contributed by atoms with van der Waals surface area (Å²) in [5, 5.41) is 18.0. The van der Waals surface area contributed by atoms with Gasteiger partial charge in [-0.15, -0.1) is 0 Å². The second-order valence-electron chi connectivity index (χ2n) is 4.58. The van der Waals surface area contributed by atoms with Crippen LogP contribution < -0.4 is 10.6 Å². The third-order valence-corrected chi connectivity index (χ3v) is 3.04. The van der Waals surface area contributed by atoms with Crippen LogP contribution in [-0.2, 0) is 4.79 Å². The minimum Gasteiger partial charge on any atom is -0.480 e. The maximum atomic E-state index is 10.6. The second-order valence-corrected chi connectivity index (χ2v) is 4.58. The molecule has 1 aromatic heterocycles. The lowest BCUT2D eigenvalue weighted by molar-refractivity contribution is -0.135. The number of nitrogen functional groups attached to an aromatic ring is 1. The van der Waals surface area contributed by atoms with Crippen LogP contribution in [0.15, 0.2) is 6.07 Å². The van der Waals surface area contributed by atoms with E-state index in [0.717, 1.165) is 5.69 Å². The predicted octanol–water partition coefficient (Wildman–Crippen LogP) is -0.182. The van der Waals surface area contributed by atoms with E-state index < -0.39 is 5.97 Å². The molecule has 2 rings (SSSR count). The number of carboxylic acid groups (broad SMARTS) is 1. The Hall–Kier alpha value is -1.89. The molecule has 0 atom stereocenters. The first-order valence-corrected chi connectivity index (χ1v) is 5.71. The van der Waals surface area contributed by atoms with E-state index in [-0.39, 0.29) is 24.5 Å². The van der Waals surface area contributed by atoms with Crippen molar-refractivity contribution < 1.29 is 15.0 Å². The summed E-state index contributed by atoms with van der Waals surface area (Å²) in [6.07, 6.45) is 1.06. The highest BCUT2D eigenvalue weighted by atomic mass is 16.4. The molecule has 0 saturated heterocycles. The van der Waals surface area contributed by atoms with Gasteiger partial charge in [0.15, 0.2) is 0 Å². The molecular weight excluding hydrogens is 236 g/mol. The van der Waals surface area contributed by atoms with E-state index in [0.29, 0.717) is 18.7 Å². The van der Waals surface area contributed by atoms with Crippen molar-refractivity contribution in [2.24, 2.45) is 0 Å². The molecule has 7 heteroatoms. The monoisotopic (exact) mass is 252 g/mol. The van der Waals surface area contributed by atoms with Gasteiger partial charge in [0, 0.05) is 19.0 Å². The van der Waals surface area contributed by atoms with Gasteiger partial charge in [-0.1, -0.05) is 0 Å². The summed E-state index contributed by atoms with van der Waals surface area (Å²) in [6, 6.07) is 1.73. The van der Waals surface area contributed by atoms with Crippen molar-refractivity contribution in [2.75, 3.05) is 24.2 Å². The van der Waals surface area contributed by atoms with Gasteiger partial charge in [-0.3, -0.25) is 4.79 Å². The number of hydrogen-bond acceptors (Lipinski definition) is 6. The summed E-state index contributed by atoms with van der Waals surface area (Å²) in [6.45, 7) is -0.150. The number of hydrogen-bond donors (Lipinski definition) is 3. The van der Waals surface area contributed by atoms with Crippen LogP contribution in [0.2, 0.25) is 0 Å². The van der Waals surface area contributed by atoms with Crippen molar-refractivity contribution in [3.63, 3.8) is 0 Å². The Morgan fingerprint density at radius 3 is 2.78 bits per heavy atom. The number of aliphatic carboxylic acids is 1. The molecule has 0 spiro atoms. The molecule has 1 aromatic rings. The number of rotatable bonds is 4. The number of anilines is 2. The van der Waals surface area contributed by atoms with Gasteiger partial charge in [-0.25, -0.2) is 4.98 Å². The van der Waals surface area contributed by atoms with Crippen molar-refractivity contribution in [2.45, 2.75) is 24.9 Å². The van der Waals surface area contributed by atoms with Crippen molar-refractivity contribution in [1.29, 1.82) is 0 Å². The van der Waals surface area contributed by atoms with Crippen LogP contribution in [0.1, 0.15) is 24.5 Å². The summed E-state index contributed by atoms with van der Waals surface area (Å²) < 4.78 is 0.